The summed E-state index contributed by atoms with van der Waals surface area (Å²) in [5.74, 6) is -0.454. The minimum absolute atomic E-state index is 0.0692. The van der Waals surface area contributed by atoms with Gasteiger partial charge in [-0.1, -0.05) is 11.6 Å². The molecule has 3 N–H and O–H groups in total. The maximum absolute atomic E-state index is 13.0. The molecule has 0 aliphatic heterocycles. The Labute approximate surface area is 119 Å². The lowest BCUT2D eigenvalue weighted by molar-refractivity contribution is -0.118. The number of nitrogens with two attached hydrogens (primary N) is 1. The van der Waals surface area contributed by atoms with Crippen molar-refractivity contribution < 1.29 is 13.9 Å². The summed E-state index contributed by atoms with van der Waals surface area (Å²) >= 11 is 5.61. The summed E-state index contributed by atoms with van der Waals surface area (Å²) in [6, 6.07) is 7.12. The fraction of sp³-hybridized carbons (Fsp3) is 0.0769. The van der Waals surface area contributed by atoms with Crippen LogP contribution in [0.25, 0.3) is 0 Å². The van der Waals surface area contributed by atoms with E-state index in [0.717, 1.165) is 6.07 Å². The molecule has 0 atom stereocenters. The summed E-state index contributed by atoms with van der Waals surface area (Å²) in [5, 5.41) is 2.45. The highest BCUT2D eigenvalue weighted by molar-refractivity contribution is 6.31. The van der Waals surface area contributed by atoms with Gasteiger partial charge in [-0.2, -0.15) is 0 Å². The predicted molar refractivity (Wildman–Crippen MR) is 74.2 cm³/mol. The van der Waals surface area contributed by atoms with Gasteiger partial charge in [-0.3, -0.25) is 4.79 Å². The van der Waals surface area contributed by atoms with Gasteiger partial charge in [-0.15, -0.1) is 0 Å². The Morgan fingerprint density at radius 3 is 2.95 bits per heavy atom. The molecular formula is C13H11ClFN3O2. The molecule has 0 aliphatic carbocycles. The second-order valence-corrected chi connectivity index (χ2v) is 4.26. The van der Waals surface area contributed by atoms with Gasteiger partial charge in [0.15, 0.2) is 18.2 Å². The van der Waals surface area contributed by atoms with E-state index in [1.807, 2.05) is 0 Å². The first-order chi connectivity index (χ1) is 9.56. The maximum Gasteiger partial charge on any atom is 0.262 e. The van der Waals surface area contributed by atoms with Gasteiger partial charge in [-0.25, -0.2) is 9.37 Å². The van der Waals surface area contributed by atoms with Crippen molar-refractivity contribution in [1.29, 1.82) is 0 Å². The fourth-order valence-electron chi connectivity index (χ4n) is 1.44. The standard InChI is InChI=1S/C13H11ClFN3O2/c14-9-6-8(3-4-10(9)15)18-12(19)7-20-11-2-1-5-17-13(11)16/h1-6H,7H2,(H2,16,17)(H,18,19). The molecule has 1 heterocycles. The van der Waals surface area contributed by atoms with Crippen molar-refractivity contribution in [2.24, 2.45) is 0 Å². The number of nitrogens with one attached hydrogen (secondary N) is 1. The molecule has 0 bridgehead atoms. The molecule has 2 rings (SSSR count). The second-order valence-electron chi connectivity index (χ2n) is 3.85. The lowest BCUT2D eigenvalue weighted by Crippen LogP contribution is -2.20. The average Bonchev–Trinajstić information content (AvgIpc) is 2.42. The summed E-state index contributed by atoms with van der Waals surface area (Å²) < 4.78 is 18.2. The smallest absolute Gasteiger partial charge is 0.262 e. The van der Waals surface area contributed by atoms with Gasteiger partial charge in [0.1, 0.15) is 5.82 Å². The minimum atomic E-state index is -0.552. The molecule has 0 spiro atoms. The lowest BCUT2D eigenvalue weighted by Gasteiger charge is -2.09. The third kappa shape index (κ3) is 3.58. The number of carbonyl (C=O) groups excluding carboxylic acids is 1. The third-order valence-electron chi connectivity index (χ3n) is 2.36. The van der Waals surface area contributed by atoms with Crippen molar-refractivity contribution in [3.8, 4) is 5.75 Å². The predicted octanol–water partition coefficient (Wildman–Crippen LogP) is 2.47. The van der Waals surface area contributed by atoms with Crippen LogP contribution in [0, 0.1) is 5.82 Å². The van der Waals surface area contributed by atoms with E-state index < -0.39 is 11.7 Å². The number of hydrogen-bond acceptors (Lipinski definition) is 4. The van der Waals surface area contributed by atoms with Crippen LogP contribution >= 0.6 is 11.6 Å². The molecule has 7 heteroatoms. The first kappa shape index (κ1) is 14.1. The summed E-state index contributed by atoms with van der Waals surface area (Å²) in [6.45, 7) is -0.245. The summed E-state index contributed by atoms with van der Waals surface area (Å²) in [6.07, 6.45) is 1.52. The SMILES string of the molecule is Nc1ncccc1OCC(=O)Nc1ccc(F)c(Cl)c1. The molecule has 1 aromatic carbocycles. The van der Waals surface area contributed by atoms with Crippen molar-refractivity contribution >= 4 is 29.0 Å². The van der Waals surface area contributed by atoms with Crippen LogP contribution in [-0.4, -0.2) is 17.5 Å². The fourth-order valence-corrected chi connectivity index (χ4v) is 1.62. The molecule has 0 fully saturated rings. The molecule has 0 saturated carbocycles. The van der Waals surface area contributed by atoms with Crippen LogP contribution in [0.5, 0.6) is 5.75 Å². The van der Waals surface area contributed by atoms with Gasteiger partial charge in [0.05, 0.1) is 5.02 Å². The van der Waals surface area contributed by atoms with E-state index in [1.54, 1.807) is 12.1 Å². The molecule has 5 nitrogen and oxygen atoms in total. The van der Waals surface area contributed by atoms with Gasteiger partial charge in [0, 0.05) is 11.9 Å². The number of benzene rings is 1. The van der Waals surface area contributed by atoms with Crippen LogP contribution in [-0.2, 0) is 4.79 Å². The lowest BCUT2D eigenvalue weighted by atomic mass is 10.3. The van der Waals surface area contributed by atoms with Crippen LogP contribution < -0.4 is 15.8 Å². The van der Waals surface area contributed by atoms with Crippen LogP contribution in [0.3, 0.4) is 0 Å². The molecule has 20 heavy (non-hydrogen) atoms. The zero-order valence-electron chi connectivity index (χ0n) is 10.3. The quantitative estimate of drug-likeness (QED) is 0.908. The third-order valence-corrected chi connectivity index (χ3v) is 2.65. The van der Waals surface area contributed by atoms with Gasteiger partial charge >= 0.3 is 0 Å². The number of aromatic nitrogens is 1. The monoisotopic (exact) mass is 295 g/mol. The zero-order valence-corrected chi connectivity index (χ0v) is 11.0. The van der Waals surface area contributed by atoms with E-state index in [0.29, 0.717) is 11.4 Å². The largest absolute Gasteiger partial charge is 0.480 e. The number of halogens is 2. The molecule has 1 aromatic heterocycles. The molecule has 0 unspecified atom stereocenters. The van der Waals surface area contributed by atoms with Gasteiger partial charge < -0.3 is 15.8 Å². The van der Waals surface area contributed by atoms with E-state index in [9.17, 15) is 9.18 Å². The topological polar surface area (TPSA) is 77.2 Å². The van der Waals surface area contributed by atoms with Crippen LogP contribution in [0.15, 0.2) is 36.5 Å². The van der Waals surface area contributed by atoms with Crippen molar-refractivity contribution in [1.82, 2.24) is 4.98 Å². The Morgan fingerprint density at radius 2 is 2.25 bits per heavy atom. The van der Waals surface area contributed by atoms with E-state index in [4.69, 9.17) is 22.1 Å². The first-order valence-corrected chi connectivity index (χ1v) is 6.02. The summed E-state index contributed by atoms with van der Waals surface area (Å²) in [5.41, 5.74) is 5.95. The number of carbonyl (C=O) groups is 1. The highest BCUT2D eigenvalue weighted by Gasteiger charge is 2.07. The minimum Gasteiger partial charge on any atom is -0.480 e. The Morgan fingerprint density at radius 1 is 1.45 bits per heavy atom. The maximum atomic E-state index is 13.0. The number of pyridine rings is 1. The van der Waals surface area contributed by atoms with Crippen molar-refractivity contribution in [2.75, 3.05) is 17.7 Å². The van der Waals surface area contributed by atoms with Crippen LogP contribution in [0.4, 0.5) is 15.9 Å². The number of amides is 1. The molecule has 0 aliphatic rings. The zero-order chi connectivity index (χ0) is 14.5. The number of anilines is 2. The van der Waals surface area contributed by atoms with E-state index >= 15 is 0 Å². The Balaban J connectivity index is 1.93. The molecule has 104 valence electrons. The van der Waals surface area contributed by atoms with E-state index in [-0.39, 0.29) is 17.4 Å². The second kappa shape index (κ2) is 6.21. The highest BCUT2D eigenvalue weighted by atomic mass is 35.5. The number of ether oxygens (including phenoxy) is 1. The number of nitrogens with zero attached hydrogens (tertiary/aromatic N) is 1. The normalized spacial score (nSPS) is 10.1. The Bertz CT molecular complexity index is 637. The summed E-state index contributed by atoms with van der Waals surface area (Å²) in [7, 11) is 0. The van der Waals surface area contributed by atoms with Gasteiger partial charge in [-0.05, 0) is 30.3 Å². The molecule has 2 aromatic rings. The first-order valence-electron chi connectivity index (χ1n) is 5.64. The number of rotatable bonds is 4. The van der Waals surface area contributed by atoms with Crippen molar-refractivity contribution in [3.63, 3.8) is 0 Å². The number of hydrogen-bond donors (Lipinski definition) is 2. The van der Waals surface area contributed by atoms with Crippen LogP contribution in [0.2, 0.25) is 5.02 Å². The van der Waals surface area contributed by atoms with E-state index in [2.05, 4.69) is 10.3 Å². The number of nitrogen functional groups attached to an aromatic ring is 1. The molecular weight excluding hydrogens is 285 g/mol. The van der Waals surface area contributed by atoms with Crippen molar-refractivity contribution in [3.05, 3.63) is 47.4 Å². The van der Waals surface area contributed by atoms with E-state index in [1.165, 1.54) is 18.3 Å². The Hall–Kier alpha value is -2.34. The highest BCUT2D eigenvalue weighted by Crippen LogP contribution is 2.20. The van der Waals surface area contributed by atoms with Crippen LogP contribution in [0.1, 0.15) is 0 Å². The average molecular weight is 296 g/mol. The molecule has 0 saturated heterocycles. The van der Waals surface area contributed by atoms with Gasteiger partial charge in [0.2, 0.25) is 0 Å². The van der Waals surface area contributed by atoms with Crippen molar-refractivity contribution in [2.45, 2.75) is 0 Å². The molecule has 1 amide bonds. The molecule has 0 radical (unpaired) electrons. The Kier molecular flexibility index (Phi) is 4.37. The summed E-state index contributed by atoms with van der Waals surface area (Å²) in [4.78, 5) is 15.5. The van der Waals surface area contributed by atoms with Gasteiger partial charge in [0.25, 0.3) is 5.91 Å².